The van der Waals surface area contributed by atoms with E-state index in [2.05, 4.69) is 72.8 Å². The Morgan fingerprint density at radius 1 is 0.704 bits per heavy atom. The molecule has 27 heavy (non-hydrogen) atoms. The van der Waals surface area contributed by atoms with Crippen molar-refractivity contribution in [2.75, 3.05) is 11.5 Å². The van der Waals surface area contributed by atoms with Crippen LogP contribution in [0.4, 0.5) is 11.4 Å². The van der Waals surface area contributed by atoms with Crippen LogP contribution in [-0.2, 0) is 0 Å². The third-order valence-corrected chi connectivity index (χ3v) is 4.69. The predicted molar refractivity (Wildman–Crippen MR) is 118 cm³/mol. The van der Waals surface area contributed by atoms with Gasteiger partial charge in [0.2, 0.25) is 0 Å². The first-order valence-corrected chi connectivity index (χ1v) is 9.26. The molecule has 0 unspecified atom stereocenters. The molecule has 0 aliphatic heterocycles. The van der Waals surface area contributed by atoms with Gasteiger partial charge >= 0.3 is 0 Å². The maximum atomic E-state index is 5.87. The fourth-order valence-electron chi connectivity index (χ4n) is 3.25. The molecule has 3 aromatic rings. The van der Waals surface area contributed by atoms with E-state index >= 15 is 0 Å². The summed E-state index contributed by atoms with van der Waals surface area (Å²) in [7, 11) is 0. The molecular weight excluding hydrogens is 328 g/mol. The van der Waals surface area contributed by atoms with Gasteiger partial charge in [0.25, 0.3) is 0 Å². The monoisotopic (exact) mass is 354 g/mol. The SMILES string of the molecule is C/C=C\c1ccccc1/C=C\CC(c1ccc(N)cc1)c1ccc(N)cc1. The van der Waals surface area contributed by atoms with Gasteiger partial charge in [-0.15, -0.1) is 0 Å². The van der Waals surface area contributed by atoms with Crippen molar-refractivity contribution < 1.29 is 0 Å². The highest BCUT2D eigenvalue weighted by atomic mass is 14.5. The minimum Gasteiger partial charge on any atom is -0.399 e. The molecular formula is C25H26N2. The van der Waals surface area contributed by atoms with Crippen LogP contribution >= 0.6 is 0 Å². The number of benzene rings is 3. The minimum absolute atomic E-state index is 0.260. The molecule has 0 amide bonds. The molecule has 0 radical (unpaired) electrons. The molecule has 0 aromatic heterocycles. The highest BCUT2D eigenvalue weighted by molar-refractivity contribution is 5.65. The second-order valence-corrected chi connectivity index (χ2v) is 6.65. The predicted octanol–water partition coefficient (Wildman–Crippen LogP) is 6.12. The molecule has 0 spiro atoms. The Hall–Kier alpha value is -3.26. The molecule has 0 aliphatic carbocycles. The summed E-state index contributed by atoms with van der Waals surface area (Å²) in [5, 5.41) is 0. The zero-order valence-electron chi connectivity index (χ0n) is 15.7. The quantitative estimate of drug-likeness (QED) is 0.524. The fourth-order valence-corrected chi connectivity index (χ4v) is 3.25. The van der Waals surface area contributed by atoms with Gasteiger partial charge in [-0.3, -0.25) is 0 Å². The lowest BCUT2D eigenvalue weighted by atomic mass is 9.88. The van der Waals surface area contributed by atoms with Gasteiger partial charge in [0.05, 0.1) is 0 Å². The van der Waals surface area contributed by atoms with E-state index in [0.29, 0.717) is 0 Å². The van der Waals surface area contributed by atoms with Crippen LogP contribution in [0.2, 0.25) is 0 Å². The average molecular weight is 354 g/mol. The van der Waals surface area contributed by atoms with Gasteiger partial charge in [0.1, 0.15) is 0 Å². The summed E-state index contributed by atoms with van der Waals surface area (Å²) in [5.41, 5.74) is 18.3. The molecule has 4 N–H and O–H groups in total. The molecule has 0 heterocycles. The Morgan fingerprint density at radius 2 is 1.19 bits per heavy atom. The van der Waals surface area contributed by atoms with E-state index in [1.807, 2.05) is 31.2 Å². The number of hydrogen-bond donors (Lipinski definition) is 2. The third kappa shape index (κ3) is 4.89. The van der Waals surface area contributed by atoms with Crippen LogP contribution in [0.5, 0.6) is 0 Å². The third-order valence-electron chi connectivity index (χ3n) is 4.69. The molecule has 0 atom stereocenters. The lowest BCUT2D eigenvalue weighted by molar-refractivity contribution is 0.832. The molecule has 0 aliphatic rings. The largest absolute Gasteiger partial charge is 0.399 e. The van der Waals surface area contributed by atoms with Crippen molar-refractivity contribution in [3.8, 4) is 0 Å². The Labute approximate surface area is 161 Å². The van der Waals surface area contributed by atoms with E-state index in [9.17, 15) is 0 Å². The van der Waals surface area contributed by atoms with Gasteiger partial charge in [-0.1, -0.05) is 72.8 Å². The van der Waals surface area contributed by atoms with E-state index in [0.717, 1.165) is 17.8 Å². The van der Waals surface area contributed by atoms with E-state index < -0.39 is 0 Å². The van der Waals surface area contributed by atoms with Gasteiger partial charge in [-0.05, 0) is 59.9 Å². The van der Waals surface area contributed by atoms with Crippen LogP contribution in [0, 0.1) is 0 Å². The van der Waals surface area contributed by atoms with Crippen molar-refractivity contribution >= 4 is 23.5 Å². The van der Waals surface area contributed by atoms with Crippen LogP contribution in [0.1, 0.15) is 41.5 Å². The minimum atomic E-state index is 0.260. The number of nitrogens with two attached hydrogens (primary N) is 2. The Bertz CT molecular complexity index is 874. The van der Waals surface area contributed by atoms with Crippen molar-refractivity contribution in [1.29, 1.82) is 0 Å². The zero-order chi connectivity index (χ0) is 19.1. The van der Waals surface area contributed by atoms with Crippen molar-refractivity contribution in [2.45, 2.75) is 19.3 Å². The van der Waals surface area contributed by atoms with Crippen molar-refractivity contribution in [3.05, 3.63) is 107 Å². The summed E-state index contributed by atoms with van der Waals surface area (Å²) in [4.78, 5) is 0. The van der Waals surface area contributed by atoms with Gasteiger partial charge < -0.3 is 11.5 Å². The van der Waals surface area contributed by atoms with Crippen LogP contribution in [-0.4, -0.2) is 0 Å². The van der Waals surface area contributed by atoms with Crippen LogP contribution in [0.15, 0.2) is 84.9 Å². The number of allylic oxidation sites excluding steroid dienone is 2. The fraction of sp³-hybridized carbons (Fsp3) is 0.120. The molecule has 3 aromatic carbocycles. The zero-order valence-corrected chi connectivity index (χ0v) is 15.7. The van der Waals surface area contributed by atoms with Gasteiger partial charge in [-0.25, -0.2) is 0 Å². The smallest absolute Gasteiger partial charge is 0.0314 e. The first-order valence-electron chi connectivity index (χ1n) is 9.26. The van der Waals surface area contributed by atoms with Crippen molar-refractivity contribution in [2.24, 2.45) is 0 Å². The van der Waals surface area contributed by atoms with Crippen LogP contribution in [0.25, 0.3) is 12.2 Å². The van der Waals surface area contributed by atoms with Crippen LogP contribution in [0.3, 0.4) is 0 Å². The summed E-state index contributed by atoms with van der Waals surface area (Å²) in [5.74, 6) is 0.260. The second kappa shape index (κ2) is 8.91. The number of hydrogen-bond acceptors (Lipinski definition) is 2. The normalized spacial score (nSPS) is 11.6. The van der Waals surface area contributed by atoms with Gasteiger partial charge in [-0.2, -0.15) is 0 Å². The van der Waals surface area contributed by atoms with E-state index in [1.165, 1.54) is 22.3 Å². The Balaban J connectivity index is 1.88. The van der Waals surface area contributed by atoms with Crippen LogP contribution < -0.4 is 11.5 Å². The molecule has 0 fully saturated rings. The molecule has 2 heteroatoms. The Morgan fingerprint density at radius 3 is 1.67 bits per heavy atom. The van der Waals surface area contributed by atoms with Gasteiger partial charge in [0, 0.05) is 17.3 Å². The molecule has 0 saturated heterocycles. The first kappa shape index (κ1) is 18.5. The lowest BCUT2D eigenvalue weighted by Gasteiger charge is -2.17. The highest BCUT2D eigenvalue weighted by Gasteiger charge is 2.12. The second-order valence-electron chi connectivity index (χ2n) is 6.65. The van der Waals surface area contributed by atoms with Gasteiger partial charge in [0.15, 0.2) is 0 Å². The maximum Gasteiger partial charge on any atom is 0.0314 e. The highest BCUT2D eigenvalue weighted by Crippen LogP contribution is 2.30. The summed E-state index contributed by atoms with van der Waals surface area (Å²) in [6, 6.07) is 24.7. The topological polar surface area (TPSA) is 52.0 Å². The number of anilines is 2. The van der Waals surface area contributed by atoms with Crippen molar-refractivity contribution in [3.63, 3.8) is 0 Å². The molecule has 0 saturated carbocycles. The lowest BCUT2D eigenvalue weighted by Crippen LogP contribution is -2.01. The summed E-state index contributed by atoms with van der Waals surface area (Å²) in [6.07, 6.45) is 9.56. The average Bonchev–Trinajstić information content (AvgIpc) is 2.69. The van der Waals surface area contributed by atoms with E-state index in [-0.39, 0.29) is 5.92 Å². The summed E-state index contributed by atoms with van der Waals surface area (Å²) in [6.45, 7) is 2.04. The standard InChI is InChI=1S/C25H26N2/c1-2-6-19-7-3-4-8-20(19)9-5-10-25(21-11-15-23(26)16-12-21)22-13-17-24(27)18-14-22/h2-9,11-18,25H,10,26-27H2,1H3/b6-2-,9-5-. The number of nitrogen functional groups attached to an aromatic ring is 2. The Kier molecular flexibility index (Phi) is 6.11. The molecule has 3 rings (SSSR count). The van der Waals surface area contributed by atoms with Crippen molar-refractivity contribution in [1.82, 2.24) is 0 Å². The summed E-state index contributed by atoms with van der Waals surface area (Å²) < 4.78 is 0. The first-order chi connectivity index (χ1) is 13.2. The molecule has 136 valence electrons. The van der Waals surface area contributed by atoms with E-state index in [4.69, 9.17) is 11.5 Å². The summed E-state index contributed by atoms with van der Waals surface area (Å²) >= 11 is 0. The number of rotatable bonds is 6. The molecule has 0 bridgehead atoms. The maximum absolute atomic E-state index is 5.87. The van der Waals surface area contributed by atoms with E-state index in [1.54, 1.807) is 0 Å². The molecule has 2 nitrogen and oxygen atoms in total.